The molecule has 0 saturated carbocycles. The molecule has 31 heavy (non-hydrogen) atoms. The number of hydrogen-bond acceptors (Lipinski definition) is 4. The highest BCUT2D eigenvalue weighted by Crippen LogP contribution is 2.19. The van der Waals surface area contributed by atoms with Crippen LogP contribution in [0.5, 0.6) is 0 Å². The summed E-state index contributed by atoms with van der Waals surface area (Å²) in [6.45, 7) is 0.575. The van der Waals surface area contributed by atoms with Crippen molar-refractivity contribution in [3.05, 3.63) is 108 Å². The molecule has 2 N–H and O–H groups in total. The summed E-state index contributed by atoms with van der Waals surface area (Å²) in [5.74, 6) is -2.15. The van der Waals surface area contributed by atoms with Crippen LogP contribution in [0, 0.1) is 0 Å². The zero-order chi connectivity index (χ0) is 22.1. The van der Waals surface area contributed by atoms with Crippen LogP contribution in [0.2, 0.25) is 0 Å². The van der Waals surface area contributed by atoms with Gasteiger partial charge in [0.2, 0.25) is 0 Å². The van der Waals surface area contributed by atoms with Gasteiger partial charge in [0, 0.05) is 19.6 Å². The molecule has 0 aliphatic rings. The molecule has 1 unspecified atom stereocenters. The van der Waals surface area contributed by atoms with Gasteiger partial charge in [0.15, 0.2) is 6.17 Å². The normalized spacial score (nSPS) is 12.1. The van der Waals surface area contributed by atoms with Gasteiger partial charge in [-0.3, -0.25) is 14.6 Å². The third-order valence-electron chi connectivity index (χ3n) is 4.94. The van der Waals surface area contributed by atoms with Crippen LogP contribution in [-0.2, 0) is 29.2 Å². The molecule has 0 radical (unpaired) electrons. The number of aliphatic carboxylic acids is 2. The van der Waals surface area contributed by atoms with E-state index in [-0.39, 0.29) is 13.1 Å². The third-order valence-corrected chi connectivity index (χ3v) is 4.94. The molecule has 0 fully saturated rings. The first kappa shape index (κ1) is 22.2. The van der Waals surface area contributed by atoms with Crippen LogP contribution in [0.4, 0.5) is 0 Å². The summed E-state index contributed by atoms with van der Waals surface area (Å²) in [4.78, 5) is 27.4. The lowest BCUT2D eigenvalue weighted by Crippen LogP contribution is -2.53. The highest BCUT2D eigenvalue weighted by molar-refractivity contribution is 5.75. The summed E-state index contributed by atoms with van der Waals surface area (Å²) in [7, 11) is 0. The second-order valence-corrected chi connectivity index (χ2v) is 7.37. The molecule has 0 heterocycles. The first-order valence-corrected chi connectivity index (χ1v) is 10.1. The first-order chi connectivity index (χ1) is 15.0. The maximum atomic E-state index is 12.5. The van der Waals surface area contributed by atoms with Crippen LogP contribution in [-0.4, -0.2) is 44.7 Å². The van der Waals surface area contributed by atoms with E-state index in [4.69, 9.17) is 0 Å². The zero-order valence-electron chi connectivity index (χ0n) is 17.2. The maximum Gasteiger partial charge on any atom is 0.336 e. The summed E-state index contributed by atoms with van der Waals surface area (Å²) >= 11 is 0. The van der Waals surface area contributed by atoms with Gasteiger partial charge in [-0.05, 0) is 16.7 Å². The fraction of sp³-hybridized carbons (Fsp3) is 0.200. The first-order valence-electron chi connectivity index (χ1n) is 10.1. The number of carbonyl (C=O) groups is 2. The fourth-order valence-corrected chi connectivity index (χ4v) is 3.63. The lowest BCUT2D eigenvalue weighted by molar-refractivity contribution is -0.155. The SMILES string of the molecule is O=C(O)CN(Cc1ccccc1)C(C(=O)O)N(Cc1ccccc1)Cc1ccccc1. The summed E-state index contributed by atoms with van der Waals surface area (Å²) in [5.41, 5.74) is 2.77. The Morgan fingerprint density at radius 2 is 0.968 bits per heavy atom. The Hall–Kier alpha value is -3.48. The monoisotopic (exact) mass is 418 g/mol. The third kappa shape index (κ3) is 6.77. The van der Waals surface area contributed by atoms with Crippen molar-refractivity contribution >= 4 is 11.9 Å². The molecule has 0 aliphatic carbocycles. The van der Waals surface area contributed by atoms with Crippen molar-refractivity contribution in [3.8, 4) is 0 Å². The predicted molar refractivity (Wildman–Crippen MR) is 118 cm³/mol. The topological polar surface area (TPSA) is 81.1 Å². The molecule has 0 spiro atoms. The largest absolute Gasteiger partial charge is 0.480 e. The average Bonchev–Trinajstić information content (AvgIpc) is 2.75. The van der Waals surface area contributed by atoms with Gasteiger partial charge < -0.3 is 10.2 Å². The van der Waals surface area contributed by atoms with Crippen LogP contribution >= 0.6 is 0 Å². The Morgan fingerprint density at radius 3 is 1.29 bits per heavy atom. The van der Waals surface area contributed by atoms with Crippen molar-refractivity contribution in [1.29, 1.82) is 0 Å². The number of carboxylic acids is 2. The highest BCUT2D eigenvalue weighted by Gasteiger charge is 2.33. The van der Waals surface area contributed by atoms with Gasteiger partial charge >= 0.3 is 11.9 Å². The standard InChI is InChI=1S/C25H26N2O4/c28-23(29)19-27(18-22-14-8-3-9-15-22)24(25(30)31)26(16-20-10-4-1-5-11-20)17-21-12-6-2-7-13-21/h1-15,24H,16-19H2,(H,28,29)(H,30,31). The summed E-state index contributed by atoms with van der Waals surface area (Å²) in [6, 6.07) is 28.5. The molecule has 0 saturated heterocycles. The van der Waals surface area contributed by atoms with Gasteiger partial charge in [-0.1, -0.05) is 91.0 Å². The smallest absolute Gasteiger partial charge is 0.336 e. The summed E-state index contributed by atoms with van der Waals surface area (Å²) in [6.07, 6.45) is -1.11. The van der Waals surface area contributed by atoms with Crippen LogP contribution < -0.4 is 0 Å². The van der Waals surface area contributed by atoms with Crippen LogP contribution in [0.3, 0.4) is 0 Å². The summed E-state index contributed by atoms with van der Waals surface area (Å²) in [5, 5.41) is 19.7. The van der Waals surface area contributed by atoms with E-state index in [1.54, 1.807) is 4.90 Å². The van der Waals surface area contributed by atoms with Gasteiger partial charge in [0.05, 0.1) is 6.54 Å². The van der Waals surface area contributed by atoms with E-state index in [1.807, 2.05) is 91.0 Å². The van der Waals surface area contributed by atoms with Crippen LogP contribution in [0.1, 0.15) is 16.7 Å². The molecule has 3 aromatic carbocycles. The van der Waals surface area contributed by atoms with Gasteiger partial charge in [0.1, 0.15) is 0 Å². The van der Waals surface area contributed by atoms with Gasteiger partial charge in [0.25, 0.3) is 0 Å². The van der Waals surface area contributed by atoms with Crippen molar-refractivity contribution < 1.29 is 19.8 Å². The molecule has 0 aliphatic heterocycles. The van der Waals surface area contributed by atoms with Crippen LogP contribution in [0.25, 0.3) is 0 Å². The fourth-order valence-electron chi connectivity index (χ4n) is 3.63. The molecule has 0 bridgehead atoms. The van der Waals surface area contributed by atoms with Gasteiger partial charge in [-0.25, -0.2) is 4.79 Å². The Labute approximate surface area is 182 Å². The van der Waals surface area contributed by atoms with Crippen molar-refractivity contribution in [2.24, 2.45) is 0 Å². The molecule has 1 atom stereocenters. The number of rotatable bonds is 11. The Bertz CT molecular complexity index is 923. The highest BCUT2D eigenvalue weighted by atomic mass is 16.4. The lowest BCUT2D eigenvalue weighted by Gasteiger charge is -2.36. The molecule has 0 aromatic heterocycles. The number of benzene rings is 3. The quantitative estimate of drug-likeness (QED) is 0.462. The van der Waals surface area contributed by atoms with Crippen molar-refractivity contribution in [3.63, 3.8) is 0 Å². The van der Waals surface area contributed by atoms with Gasteiger partial charge in [-0.15, -0.1) is 0 Å². The molecule has 6 nitrogen and oxygen atoms in total. The lowest BCUT2D eigenvalue weighted by atomic mass is 10.1. The minimum absolute atomic E-state index is 0.212. The van der Waals surface area contributed by atoms with E-state index in [2.05, 4.69) is 0 Å². The van der Waals surface area contributed by atoms with E-state index in [9.17, 15) is 19.8 Å². The van der Waals surface area contributed by atoms with Crippen molar-refractivity contribution in [2.45, 2.75) is 25.8 Å². The second kappa shape index (κ2) is 11.1. The molecule has 6 heteroatoms. The predicted octanol–water partition coefficient (Wildman–Crippen LogP) is 3.69. The average molecular weight is 418 g/mol. The molecule has 3 aromatic rings. The Balaban J connectivity index is 1.96. The van der Waals surface area contributed by atoms with E-state index in [0.717, 1.165) is 16.7 Å². The van der Waals surface area contributed by atoms with Crippen molar-refractivity contribution in [2.75, 3.05) is 6.54 Å². The minimum atomic E-state index is -1.11. The molecular weight excluding hydrogens is 392 g/mol. The van der Waals surface area contributed by atoms with E-state index in [0.29, 0.717) is 13.1 Å². The molecule has 3 rings (SSSR count). The summed E-state index contributed by atoms with van der Waals surface area (Å²) < 4.78 is 0. The Kier molecular flexibility index (Phi) is 7.92. The van der Waals surface area contributed by atoms with E-state index >= 15 is 0 Å². The van der Waals surface area contributed by atoms with E-state index in [1.165, 1.54) is 4.90 Å². The molecule has 160 valence electrons. The Morgan fingerprint density at radius 1 is 0.613 bits per heavy atom. The minimum Gasteiger partial charge on any atom is -0.480 e. The van der Waals surface area contributed by atoms with Crippen molar-refractivity contribution in [1.82, 2.24) is 9.80 Å². The van der Waals surface area contributed by atoms with Gasteiger partial charge in [-0.2, -0.15) is 0 Å². The number of nitrogens with zero attached hydrogens (tertiary/aromatic N) is 2. The number of carboxylic acid groups (broad SMARTS) is 2. The molecule has 0 amide bonds. The molecular formula is C25H26N2O4. The van der Waals surface area contributed by atoms with Crippen LogP contribution in [0.15, 0.2) is 91.0 Å². The number of hydrogen-bond donors (Lipinski definition) is 2. The van der Waals surface area contributed by atoms with E-state index < -0.39 is 18.1 Å². The maximum absolute atomic E-state index is 12.5. The zero-order valence-corrected chi connectivity index (χ0v) is 17.2. The second-order valence-electron chi connectivity index (χ2n) is 7.37.